The Morgan fingerprint density at radius 2 is 1.15 bits per heavy atom. The Kier molecular flexibility index (Phi) is 14.6. The van der Waals surface area contributed by atoms with Crippen molar-refractivity contribution < 1.29 is 53.4 Å². The molecule has 0 bridgehead atoms. The Bertz CT molecular complexity index is 1690. The first-order valence-corrected chi connectivity index (χ1v) is 16.4. The van der Waals surface area contributed by atoms with Crippen molar-refractivity contribution in [3.63, 3.8) is 0 Å². The average molecular weight is 723 g/mol. The SMILES string of the molecule is COc1nc(OCc2cccc(-c3cccc(COc4ccc(CNC[C@@H](O)CC(=O)O)c(OC)n4)c3F)c2C)ccc1CNCC(O)CC(=O)O. The summed E-state index contributed by atoms with van der Waals surface area (Å²) < 4.78 is 38.5. The molecule has 6 N–H and O–H groups in total. The smallest absolute Gasteiger partial charge is 0.306 e. The number of halogens is 1. The molecule has 2 atom stereocenters. The van der Waals surface area contributed by atoms with E-state index >= 15 is 4.39 Å². The first kappa shape index (κ1) is 39.4. The molecule has 0 saturated carbocycles. The van der Waals surface area contributed by atoms with Gasteiger partial charge in [-0.15, -0.1) is 0 Å². The summed E-state index contributed by atoms with van der Waals surface area (Å²) in [5, 5.41) is 43.1. The molecule has 0 aliphatic rings. The number of aliphatic hydroxyl groups is 2. The summed E-state index contributed by atoms with van der Waals surface area (Å²) in [4.78, 5) is 30.3. The molecule has 2 heterocycles. The van der Waals surface area contributed by atoms with Crippen molar-refractivity contribution in [2.45, 2.75) is 58.3 Å². The molecule has 278 valence electrons. The van der Waals surface area contributed by atoms with Crippen LogP contribution in [0.4, 0.5) is 4.39 Å². The maximum Gasteiger partial charge on any atom is 0.306 e. The molecule has 4 rings (SSSR count). The summed E-state index contributed by atoms with van der Waals surface area (Å²) >= 11 is 0. The van der Waals surface area contributed by atoms with Crippen LogP contribution in [0.5, 0.6) is 23.5 Å². The summed E-state index contributed by atoms with van der Waals surface area (Å²) in [7, 11) is 2.92. The summed E-state index contributed by atoms with van der Waals surface area (Å²) in [6.45, 7) is 2.67. The van der Waals surface area contributed by atoms with E-state index in [1.165, 1.54) is 14.2 Å². The quantitative estimate of drug-likeness (QED) is 0.0728. The first-order valence-electron chi connectivity index (χ1n) is 16.4. The first-order chi connectivity index (χ1) is 25.0. The molecule has 0 spiro atoms. The van der Waals surface area contributed by atoms with Gasteiger partial charge in [-0.2, -0.15) is 9.97 Å². The highest BCUT2D eigenvalue weighted by molar-refractivity contribution is 5.70. The molecule has 0 aliphatic carbocycles. The fraction of sp³-hybridized carbons (Fsp3) is 0.351. The Morgan fingerprint density at radius 3 is 1.63 bits per heavy atom. The molecular formula is C37H43FN4O10. The minimum Gasteiger partial charge on any atom is -0.481 e. The lowest BCUT2D eigenvalue weighted by Crippen LogP contribution is -2.28. The van der Waals surface area contributed by atoms with Crippen molar-refractivity contribution in [1.29, 1.82) is 0 Å². The highest BCUT2D eigenvalue weighted by Gasteiger charge is 2.17. The maximum absolute atomic E-state index is 15.9. The third-order valence-electron chi connectivity index (χ3n) is 7.99. The standard InChI is InChI=1S/C37H43FN4O10/c1-22-25(20-51-31-12-10-23(36(41-31)49-2)16-39-18-27(43)14-33(45)46)6-4-8-29(22)30-9-5-7-26(35(30)38)21-52-32-13-11-24(37(42-32)50-3)17-40-19-28(44)15-34(47)48/h4-13,27-28,39-40,43-44H,14-21H2,1-3H3,(H,45,46)(H,47,48)/t27?,28-/m0/s1. The summed E-state index contributed by atoms with van der Waals surface area (Å²) in [5.74, 6) is -1.50. The second kappa shape index (κ2) is 19.3. The second-order valence-corrected chi connectivity index (χ2v) is 11.8. The number of carboxylic acids is 2. The maximum atomic E-state index is 15.9. The van der Waals surface area contributed by atoms with Crippen molar-refractivity contribution in [2.75, 3.05) is 27.3 Å². The second-order valence-electron chi connectivity index (χ2n) is 11.8. The highest BCUT2D eigenvalue weighted by Crippen LogP contribution is 2.31. The fourth-order valence-electron chi connectivity index (χ4n) is 5.32. The molecule has 4 aromatic rings. The Hall–Kier alpha value is -5.35. The molecule has 0 amide bonds. The summed E-state index contributed by atoms with van der Waals surface area (Å²) in [6.07, 6.45) is -2.79. The molecule has 0 fully saturated rings. The van der Waals surface area contributed by atoms with Crippen LogP contribution in [0, 0.1) is 12.7 Å². The number of methoxy groups -OCH3 is 2. The Morgan fingerprint density at radius 1 is 0.692 bits per heavy atom. The topological polar surface area (TPSA) is 202 Å². The molecular weight excluding hydrogens is 679 g/mol. The normalized spacial score (nSPS) is 12.2. The number of pyridine rings is 2. The lowest BCUT2D eigenvalue weighted by atomic mass is 9.95. The number of aromatic nitrogens is 2. The number of aliphatic hydroxyl groups excluding tert-OH is 2. The van der Waals surface area contributed by atoms with E-state index in [1.807, 2.05) is 25.1 Å². The number of hydrogen-bond acceptors (Lipinski definition) is 12. The summed E-state index contributed by atoms with van der Waals surface area (Å²) in [5.41, 5.74) is 4.39. The molecule has 2 aromatic heterocycles. The van der Waals surface area contributed by atoms with E-state index < -0.39 is 30.0 Å². The predicted octanol–water partition coefficient (Wildman–Crippen LogP) is 3.62. The van der Waals surface area contributed by atoms with Crippen molar-refractivity contribution in [3.05, 3.63) is 94.3 Å². The van der Waals surface area contributed by atoms with Gasteiger partial charge in [0, 0.05) is 60.6 Å². The molecule has 15 heteroatoms. The van der Waals surface area contributed by atoms with Gasteiger partial charge in [0.2, 0.25) is 23.5 Å². The third-order valence-corrected chi connectivity index (χ3v) is 7.99. The molecule has 0 radical (unpaired) electrons. The van der Waals surface area contributed by atoms with Gasteiger partial charge in [0.15, 0.2) is 0 Å². The van der Waals surface area contributed by atoms with Crippen LogP contribution in [-0.4, -0.2) is 81.8 Å². The zero-order chi connectivity index (χ0) is 37.6. The van der Waals surface area contributed by atoms with Crippen LogP contribution >= 0.6 is 0 Å². The molecule has 14 nitrogen and oxygen atoms in total. The predicted molar refractivity (Wildman–Crippen MR) is 187 cm³/mol. The lowest BCUT2D eigenvalue weighted by molar-refractivity contribution is -0.140. The van der Waals surface area contributed by atoms with Gasteiger partial charge in [0.25, 0.3) is 0 Å². The molecule has 52 heavy (non-hydrogen) atoms. The number of rotatable bonds is 21. The number of carbonyl (C=O) groups is 2. The van der Waals surface area contributed by atoms with E-state index in [2.05, 4.69) is 20.6 Å². The van der Waals surface area contributed by atoms with E-state index in [-0.39, 0.29) is 57.4 Å². The minimum absolute atomic E-state index is 0.0749. The van der Waals surface area contributed by atoms with Gasteiger partial charge in [-0.3, -0.25) is 9.59 Å². The highest BCUT2D eigenvalue weighted by atomic mass is 19.1. The van der Waals surface area contributed by atoms with Gasteiger partial charge >= 0.3 is 11.9 Å². The number of aliphatic carboxylic acids is 2. The molecule has 0 aliphatic heterocycles. The van der Waals surface area contributed by atoms with Crippen LogP contribution in [-0.2, 0) is 35.9 Å². The van der Waals surface area contributed by atoms with E-state index in [0.717, 1.165) is 11.1 Å². The minimum atomic E-state index is -1.09. The molecule has 0 saturated heterocycles. The zero-order valence-electron chi connectivity index (χ0n) is 29.1. The third kappa shape index (κ3) is 11.3. The monoisotopic (exact) mass is 722 g/mol. The largest absolute Gasteiger partial charge is 0.481 e. The zero-order valence-corrected chi connectivity index (χ0v) is 29.1. The van der Waals surface area contributed by atoms with Crippen LogP contribution in [0.15, 0.2) is 60.7 Å². The van der Waals surface area contributed by atoms with Crippen LogP contribution < -0.4 is 29.6 Å². The van der Waals surface area contributed by atoms with Crippen LogP contribution in [0.1, 0.15) is 40.7 Å². The van der Waals surface area contributed by atoms with E-state index in [4.69, 9.17) is 29.2 Å². The van der Waals surface area contributed by atoms with Gasteiger partial charge in [0.05, 0.1) is 39.3 Å². The Labute approximate surface area is 300 Å². The van der Waals surface area contributed by atoms with Crippen LogP contribution in [0.2, 0.25) is 0 Å². The molecule has 1 unspecified atom stereocenters. The number of benzene rings is 2. The van der Waals surface area contributed by atoms with Crippen molar-refractivity contribution in [3.8, 4) is 34.6 Å². The van der Waals surface area contributed by atoms with E-state index in [1.54, 1.807) is 42.5 Å². The number of ether oxygens (including phenoxy) is 4. The number of nitrogens with one attached hydrogen (secondary N) is 2. The number of nitrogens with zero attached hydrogens (tertiary/aromatic N) is 2. The van der Waals surface area contributed by atoms with Gasteiger partial charge in [-0.25, -0.2) is 4.39 Å². The van der Waals surface area contributed by atoms with E-state index in [0.29, 0.717) is 46.1 Å². The average Bonchev–Trinajstić information content (AvgIpc) is 3.11. The van der Waals surface area contributed by atoms with Crippen LogP contribution in [0.3, 0.4) is 0 Å². The number of carboxylic acid groups (broad SMARTS) is 2. The fourth-order valence-corrected chi connectivity index (χ4v) is 5.32. The lowest BCUT2D eigenvalue weighted by Gasteiger charge is -2.16. The van der Waals surface area contributed by atoms with Gasteiger partial charge in [0.1, 0.15) is 19.0 Å². The number of hydrogen-bond donors (Lipinski definition) is 6. The van der Waals surface area contributed by atoms with Gasteiger partial charge in [-0.05, 0) is 35.7 Å². The van der Waals surface area contributed by atoms with Crippen LogP contribution in [0.25, 0.3) is 11.1 Å². The molecule has 2 aromatic carbocycles. The Balaban J connectivity index is 1.39. The van der Waals surface area contributed by atoms with Gasteiger partial charge in [-0.1, -0.05) is 36.4 Å². The van der Waals surface area contributed by atoms with Crippen molar-refractivity contribution in [1.82, 2.24) is 20.6 Å². The van der Waals surface area contributed by atoms with Crippen molar-refractivity contribution in [2.24, 2.45) is 0 Å². The van der Waals surface area contributed by atoms with Crippen molar-refractivity contribution >= 4 is 11.9 Å². The van der Waals surface area contributed by atoms with Gasteiger partial charge < -0.3 is 50.0 Å². The van der Waals surface area contributed by atoms with E-state index in [9.17, 15) is 19.8 Å². The summed E-state index contributed by atoms with van der Waals surface area (Å²) in [6, 6.07) is 17.4.